The van der Waals surface area contributed by atoms with E-state index >= 15 is 0 Å². The number of carbonyl (C=O) groups excluding carboxylic acids is 1. The van der Waals surface area contributed by atoms with Crippen LogP contribution in [0.5, 0.6) is 0 Å². The molecule has 1 amide bonds. The monoisotopic (exact) mass is 249 g/mol. The molecule has 3 N–H and O–H groups in total. The van der Waals surface area contributed by atoms with Crippen LogP contribution in [0.15, 0.2) is 30.3 Å². The normalized spacial score (nSPS) is 14.3. The molecule has 0 heterocycles. The number of rotatable bonds is 6. The van der Waals surface area contributed by atoms with Crippen molar-refractivity contribution in [3.63, 3.8) is 0 Å². The molecule has 0 aliphatic carbocycles. The number of nitrogens with two attached hydrogens (primary N) is 1. The van der Waals surface area contributed by atoms with Gasteiger partial charge in [0.1, 0.15) is 0 Å². The lowest BCUT2D eigenvalue weighted by Crippen LogP contribution is -2.38. The first-order chi connectivity index (χ1) is 8.60. The molecule has 2 unspecified atom stereocenters. The summed E-state index contributed by atoms with van der Waals surface area (Å²) < 4.78 is 0. The molecule has 0 bridgehead atoms. The van der Waals surface area contributed by atoms with Crippen molar-refractivity contribution in [3.05, 3.63) is 35.9 Å². The molecular weight excluding hydrogens is 226 g/mol. The van der Waals surface area contributed by atoms with Gasteiger partial charge >= 0.3 is 0 Å². The number of hydrogen-bond acceptors (Lipinski definition) is 3. The first kappa shape index (κ1) is 14.7. The number of nitrogens with one attached hydrogen (secondary N) is 1. The van der Waals surface area contributed by atoms with Crippen LogP contribution >= 0.6 is 0 Å². The van der Waals surface area contributed by atoms with Gasteiger partial charge in [-0.2, -0.15) is 0 Å². The van der Waals surface area contributed by atoms with Crippen molar-refractivity contribution < 1.29 is 4.79 Å². The van der Waals surface area contributed by atoms with Gasteiger partial charge in [-0.25, -0.2) is 0 Å². The van der Waals surface area contributed by atoms with Crippen LogP contribution in [0.2, 0.25) is 0 Å². The highest BCUT2D eigenvalue weighted by atomic mass is 16.1. The van der Waals surface area contributed by atoms with Gasteiger partial charge in [-0.1, -0.05) is 37.3 Å². The fourth-order valence-electron chi connectivity index (χ4n) is 2.13. The highest BCUT2D eigenvalue weighted by molar-refractivity contribution is 5.78. The molecule has 0 fully saturated rings. The summed E-state index contributed by atoms with van der Waals surface area (Å²) in [6, 6.07) is 10.3. The van der Waals surface area contributed by atoms with E-state index in [1.165, 1.54) is 5.56 Å². The van der Waals surface area contributed by atoms with Crippen molar-refractivity contribution in [2.24, 2.45) is 11.7 Å². The van der Waals surface area contributed by atoms with E-state index in [2.05, 4.69) is 22.3 Å². The number of hydrogen-bond donors (Lipinski definition) is 2. The molecule has 100 valence electrons. The summed E-state index contributed by atoms with van der Waals surface area (Å²) in [4.78, 5) is 13.7. The lowest BCUT2D eigenvalue weighted by molar-refractivity contribution is -0.124. The van der Waals surface area contributed by atoms with Crippen LogP contribution in [0.3, 0.4) is 0 Å². The summed E-state index contributed by atoms with van der Waals surface area (Å²) in [5.41, 5.74) is 7.03. The highest BCUT2D eigenvalue weighted by Gasteiger charge is 2.20. The topological polar surface area (TPSA) is 58.4 Å². The second-order valence-corrected chi connectivity index (χ2v) is 4.62. The van der Waals surface area contributed by atoms with Crippen LogP contribution in [0, 0.1) is 5.92 Å². The molecule has 0 spiro atoms. The number of benzene rings is 1. The largest absolute Gasteiger partial charge is 0.359 e. The molecular formula is C14H23N3O. The maximum absolute atomic E-state index is 11.5. The number of likely N-dealkylation sites (N-methyl/N-ethyl adjacent to an activating group) is 1. The molecule has 2 atom stereocenters. The SMILES string of the molecule is CNC(=O)C(C)CN(C)C(CN)c1ccccc1. The van der Waals surface area contributed by atoms with E-state index in [9.17, 15) is 4.79 Å². The predicted octanol–water partition coefficient (Wildman–Crippen LogP) is 1.00. The zero-order chi connectivity index (χ0) is 13.5. The Balaban J connectivity index is 2.69. The van der Waals surface area contributed by atoms with Gasteiger partial charge in [-0.3, -0.25) is 9.69 Å². The molecule has 4 heteroatoms. The van der Waals surface area contributed by atoms with Gasteiger partial charge in [0.15, 0.2) is 0 Å². The standard InChI is InChI=1S/C14H23N3O/c1-11(14(18)16-2)10-17(3)13(9-15)12-7-5-4-6-8-12/h4-8,11,13H,9-10,15H2,1-3H3,(H,16,18). The van der Waals surface area contributed by atoms with E-state index in [1.807, 2.05) is 32.2 Å². The molecule has 18 heavy (non-hydrogen) atoms. The van der Waals surface area contributed by atoms with Crippen molar-refractivity contribution in [1.29, 1.82) is 0 Å². The van der Waals surface area contributed by atoms with Crippen molar-refractivity contribution >= 4 is 5.91 Å². The minimum Gasteiger partial charge on any atom is -0.359 e. The van der Waals surface area contributed by atoms with Crippen molar-refractivity contribution in [2.75, 3.05) is 27.2 Å². The van der Waals surface area contributed by atoms with Gasteiger partial charge in [0.2, 0.25) is 5.91 Å². The van der Waals surface area contributed by atoms with Crippen molar-refractivity contribution in [1.82, 2.24) is 10.2 Å². The van der Waals surface area contributed by atoms with E-state index in [0.717, 1.165) is 0 Å². The third-order valence-corrected chi connectivity index (χ3v) is 3.20. The Morgan fingerprint density at radius 3 is 2.50 bits per heavy atom. The van der Waals surface area contributed by atoms with Gasteiger partial charge in [0.05, 0.1) is 0 Å². The molecule has 0 aliphatic rings. The third-order valence-electron chi connectivity index (χ3n) is 3.20. The Hall–Kier alpha value is -1.39. The summed E-state index contributed by atoms with van der Waals surface area (Å²) in [5.74, 6) is 0.0171. The number of nitrogens with zero attached hydrogens (tertiary/aromatic N) is 1. The minimum absolute atomic E-state index is 0.0437. The average molecular weight is 249 g/mol. The van der Waals surface area contributed by atoms with Gasteiger partial charge in [-0.15, -0.1) is 0 Å². The molecule has 1 aromatic rings. The van der Waals surface area contributed by atoms with Crippen molar-refractivity contribution in [2.45, 2.75) is 13.0 Å². The molecule has 0 saturated carbocycles. The lowest BCUT2D eigenvalue weighted by Gasteiger charge is -2.29. The maximum atomic E-state index is 11.5. The Morgan fingerprint density at radius 2 is 2.00 bits per heavy atom. The van der Waals surface area contributed by atoms with Crippen molar-refractivity contribution in [3.8, 4) is 0 Å². The molecule has 4 nitrogen and oxygen atoms in total. The molecule has 0 radical (unpaired) electrons. The van der Waals surface area contributed by atoms with Gasteiger partial charge in [0.25, 0.3) is 0 Å². The first-order valence-electron chi connectivity index (χ1n) is 6.27. The summed E-state index contributed by atoms with van der Waals surface area (Å²) in [6.07, 6.45) is 0. The summed E-state index contributed by atoms with van der Waals surface area (Å²) in [5, 5.41) is 2.67. The minimum atomic E-state index is -0.0437. The van der Waals surface area contributed by atoms with Gasteiger partial charge in [0, 0.05) is 32.1 Å². The number of amides is 1. The average Bonchev–Trinajstić information content (AvgIpc) is 2.39. The maximum Gasteiger partial charge on any atom is 0.223 e. The van der Waals surface area contributed by atoms with Crippen LogP contribution < -0.4 is 11.1 Å². The van der Waals surface area contributed by atoms with E-state index in [4.69, 9.17) is 5.73 Å². The molecule has 0 saturated heterocycles. The Bertz CT molecular complexity index is 367. The fourth-order valence-corrected chi connectivity index (χ4v) is 2.13. The van der Waals surface area contributed by atoms with Crippen LogP contribution in [-0.4, -0.2) is 38.0 Å². The van der Waals surface area contributed by atoms with E-state index in [0.29, 0.717) is 13.1 Å². The molecule has 1 aromatic carbocycles. The molecule has 0 aliphatic heterocycles. The lowest BCUT2D eigenvalue weighted by atomic mass is 10.0. The fraction of sp³-hybridized carbons (Fsp3) is 0.500. The second-order valence-electron chi connectivity index (χ2n) is 4.62. The second kappa shape index (κ2) is 7.13. The summed E-state index contributed by atoms with van der Waals surface area (Å²) in [7, 11) is 3.67. The Labute approximate surface area is 109 Å². The predicted molar refractivity (Wildman–Crippen MR) is 74.1 cm³/mol. The smallest absolute Gasteiger partial charge is 0.223 e. The highest BCUT2D eigenvalue weighted by Crippen LogP contribution is 2.18. The van der Waals surface area contributed by atoms with Crippen LogP contribution in [0.25, 0.3) is 0 Å². The zero-order valence-electron chi connectivity index (χ0n) is 11.4. The van der Waals surface area contributed by atoms with Crippen LogP contribution in [-0.2, 0) is 4.79 Å². The van der Waals surface area contributed by atoms with E-state index in [1.54, 1.807) is 7.05 Å². The Morgan fingerprint density at radius 1 is 1.39 bits per heavy atom. The molecule has 0 aromatic heterocycles. The number of carbonyl (C=O) groups is 1. The van der Waals surface area contributed by atoms with Gasteiger partial charge < -0.3 is 11.1 Å². The summed E-state index contributed by atoms with van der Waals surface area (Å²) >= 11 is 0. The van der Waals surface area contributed by atoms with E-state index in [-0.39, 0.29) is 17.9 Å². The quantitative estimate of drug-likeness (QED) is 0.791. The van der Waals surface area contributed by atoms with Crippen LogP contribution in [0.1, 0.15) is 18.5 Å². The third kappa shape index (κ3) is 3.82. The first-order valence-corrected chi connectivity index (χ1v) is 6.27. The molecule has 1 rings (SSSR count). The van der Waals surface area contributed by atoms with Crippen LogP contribution in [0.4, 0.5) is 0 Å². The Kier molecular flexibility index (Phi) is 5.82. The van der Waals surface area contributed by atoms with E-state index < -0.39 is 0 Å². The van der Waals surface area contributed by atoms with Gasteiger partial charge in [-0.05, 0) is 12.6 Å². The zero-order valence-corrected chi connectivity index (χ0v) is 11.4. The summed E-state index contributed by atoms with van der Waals surface area (Å²) in [6.45, 7) is 3.16.